The molecule has 5 nitrogen and oxygen atoms in total. The van der Waals surface area contributed by atoms with Crippen molar-refractivity contribution in [2.45, 2.75) is 12.8 Å². The van der Waals surface area contributed by atoms with E-state index in [2.05, 4.69) is 4.98 Å². The molecule has 0 unspecified atom stereocenters. The number of fused-ring (bicyclic) bond motifs is 1. The number of amides is 2. The molecule has 23 heavy (non-hydrogen) atoms. The molecule has 0 fully saturated rings. The van der Waals surface area contributed by atoms with Crippen molar-refractivity contribution < 1.29 is 18.4 Å². The predicted octanol–water partition coefficient (Wildman–Crippen LogP) is 2.05. The maximum atomic E-state index is 13.9. The number of nitrogens with zero attached hydrogens (tertiary/aromatic N) is 2. The van der Waals surface area contributed by atoms with E-state index in [-0.39, 0.29) is 16.9 Å². The predicted molar refractivity (Wildman–Crippen MR) is 79.1 cm³/mol. The third-order valence-electron chi connectivity index (χ3n) is 3.75. The summed E-state index contributed by atoms with van der Waals surface area (Å²) in [6, 6.07) is 4.71. The minimum atomic E-state index is -0.738. The number of nitrogens with two attached hydrogens (primary N) is 1. The number of anilines is 1. The van der Waals surface area contributed by atoms with Crippen molar-refractivity contribution in [1.29, 1.82) is 0 Å². The molecule has 0 saturated carbocycles. The van der Waals surface area contributed by atoms with E-state index in [0.717, 1.165) is 12.1 Å². The fourth-order valence-electron chi connectivity index (χ4n) is 2.63. The minimum absolute atomic E-state index is 0.0764. The van der Waals surface area contributed by atoms with E-state index in [1.165, 1.54) is 23.2 Å². The number of hydrogen-bond acceptors (Lipinski definition) is 3. The van der Waals surface area contributed by atoms with Crippen LogP contribution in [-0.2, 0) is 6.42 Å². The average Bonchev–Trinajstić information content (AvgIpc) is 2.53. The Morgan fingerprint density at radius 3 is 2.65 bits per heavy atom. The SMILES string of the molecule is NC(=O)c1ccc(C(=O)N2CCCc3c(F)cc(F)cc32)nc1. The summed E-state index contributed by atoms with van der Waals surface area (Å²) in [5.74, 6) is -2.52. The monoisotopic (exact) mass is 317 g/mol. The maximum absolute atomic E-state index is 13.9. The lowest BCUT2D eigenvalue weighted by Gasteiger charge is -2.29. The van der Waals surface area contributed by atoms with Gasteiger partial charge < -0.3 is 10.6 Å². The van der Waals surface area contributed by atoms with Crippen molar-refractivity contribution in [2.24, 2.45) is 5.73 Å². The van der Waals surface area contributed by atoms with Crippen LogP contribution < -0.4 is 10.6 Å². The number of pyridine rings is 1. The first kappa shape index (κ1) is 15.1. The summed E-state index contributed by atoms with van der Waals surface area (Å²) in [6.45, 7) is 0.341. The van der Waals surface area contributed by atoms with E-state index >= 15 is 0 Å². The smallest absolute Gasteiger partial charge is 0.276 e. The first-order valence-electron chi connectivity index (χ1n) is 7.03. The van der Waals surface area contributed by atoms with Gasteiger partial charge in [0.25, 0.3) is 5.91 Å². The van der Waals surface area contributed by atoms with E-state index in [1.54, 1.807) is 0 Å². The molecule has 1 aliphatic rings. The summed E-state index contributed by atoms with van der Waals surface area (Å²) >= 11 is 0. The topological polar surface area (TPSA) is 76.3 Å². The highest BCUT2D eigenvalue weighted by Crippen LogP contribution is 2.31. The number of benzene rings is 1. The molecule has 2 amide bonds. The lowest BCUT2D eigenvalue weighted by molar-refractivity contribution is 0.0974. The Labute approximate surface area is 130 Å². The Bertz CT molecular complexity index is 791. The minimum Gasteiger partial charge on any atom is -0.366 e. The molecule has 7 heteroatoms. The first-order valence-corrected chi connectivity index (χ1v) is 7.03. The first-order chi connectivity index (χ1) is 11.0. The maximum Gasteiger partial charge on any atom is 0.276 e. The number of carbonyl (C=O) groups is 2. The van der Waals surface area contributed by atoms with E-state index < -0.39 is 23.4 Å². The number of aromatic nitrogens is 1. The Hall–Kier alpha value is -2.83. The normalized spacial score (nSPS) is 13.6. The molecule has 0 saturated heterocycles. The van der Waals surface area contributed by atoms with Gasteiger partial charge in [0.2, 0.25) is 5.91 Å². The van der Waals surface area contributed by atoms with Crippen LogP contribution in [0.3, 0.4) is 0 Å². The van der Waals surface area contributed by atoms with E-state index in [4.69, 9.17) is 5.73 Å². The van der Waals surface area contributed by atoms with Crippen LogP contribution >= 0.6 is 0 Å². The van der Waals surface area contributed by atoms with Gasteiger partial charge in [-0.2, -0.15) is 0 Å². The zero-order chi connectivity index (χ0) is 16.6. The fraction of sp³-hybridized carbons (Fsp3) is 0.188. The van der Waals surface area contributed by atoms with E-state index in [1.807, 2.05) is 0 Å². The quantitative estimate of drug-likeness (QED) is 0.921. The highest BCUT2D eigenvalue weighted by atomic mass is 19.1. The van der Waals surface area contributed by atoms with Crippen LogP contribution in [0, 0.1) is 11.6 Å². The third kappa shape index (κ3) is 2.77. The van der Waals surface area contributed by atoms with Crippen molar-refractivity contribution in [3.8, 4) is 0 Å². The average molecular weight is 317 g/mol. The molecule has 0 aliphatic carbocycles. The number of hydrogen-bond donors (Lipinski definition) is 1. The van der Waals surface area contributed by atoms with Gasteiger partial charge in [0.15, 0.2) is 0 Å². The van der Waals surface area contributed by atoms with Gasteiger partial charge in [-0.1, -0.05) is 0 Å². The molecule has 0 spiro atoms. The molecule has 2 aromatic rings. The number of carbonyl (C=O) groups excluding carboxylic acids is 2. The molecular formula is C16H13F2N3O2. The number of primary amides is 1. The molecular weight excluding hydrogens is 304 g/mol. The van der Waals surface area contributed by atoms with Gasteiger partial charge in [-0.05, 0) is 31.0 Å². The van der Waals surface area contributed by atoms with Gasteiger partial charge in [-0.25, -0.2) is 8.78 Å². The Balaban J connectivity index is 1.97. The second kappa shape index (κ2) is 5.75. The van der Waals surface area contributed by atoms with Crippen LogP contribution in [0.1, 0.15) is 32.8 Å². The van der Waals surface area contributed by atoms with Gasteiger partial charge in [0.1, 0.15) is 17.3 Å². The molecule has 118 valence electrons. The second-order valence-electron chi connectivity index (χ2n) is 5.24. The van der Waals surface area contributed by atoms with Crippen molar-refractivity contribution in [2.75, 3.05) is 11.4 Å². The van der Waals surface area contributed by atoms with Crippen molar-refractivity contribution in [3.05, 3.63) is 58.9 Å². The van der Waals surface area contributed by atoms with E-state index in [0.29, 0.717) is 24.9 Å². The summed E-state index contributed by atoms with van der Waals surface area (Å²) in [5, 5.41) is 0. The second-order valence-corrected chi connectivity index (χ2v) is 5.24. The lowest BCUT2D eigenvalue weighted by atomic mass is 10.0. The van der Waals surface area contributed by atoms with Gasteiger partial charge in [0, 0.05) is 24.4 Å². The van der Waals surface area contributed by atoms with Gasteiger partial charge in [0.05, 0.1) is 11.3 Å². The Morgan fingerprint density at radius 2 is 2.00 bits per heavy atom. The van der Waals surface area contributed by atoms with Gasteiger partial charge >= 0.3 is 0 Å². The molecule has 1 aromatic carbocycles. The van der Waals surface area contributed by atoms with E-state index in [9.17, 15) is 18.4 Å². The molecule has 2 N–H and O–H groups in total. The Morgan fingerprint density at radius 1 is 1.22 bits per heavy atom. The van der Waals surface area contributed by atoms with Gasteiger partial charge in [-0.3, -0.25) is 14.6 Å². The molecule has 2 heterocycles. The van der Waals surface area contributed by atoms with Crippen LogP contribution in [0.5, 0.6) is 0 Å². The summed E-state index contributed by atoms with van der Waals surface area (Å²) in [4.78, 5) is 28.8. The number of rotatable bonds is 2. The lowest BCUT2D eigenvalue weighted by Crippen LogP contribution is -2.36. The number of halogens is 2. The molecule has 0 atom stereocenters. The third-order valence-corrected chi connectivity index (χ3v) is 3.75. The standard InChI is InChI=1S/C16H13F2N3O2/c17-10-6-12(18)11-2-1-5-21(14(11)7-10)16(23)13-4-3-9(8-20-13)15(19)22/h3-4,6-8H,1-2,5H2,(H2,19,22). The largest absolute Gasteiger partial charge is 0.366 e. The fourth-order valence-corrected chi connectivity index (χ4v) is 2.63. The highest BCUT2D eigenvalue weighted by Gasteiger charge is 2.27. The van der Waals surface area contributed by atoms with Crippen LogP contribution in [0.2, 0.25) is 0 Å². The summed E-state index contributed by atoms with van der Waals surface area (Å²) < 4.78 is 27.4. The highest BCUT2D eigenvalue weighted by molar-refractivity contribution is 6.05. The van der Waals surface area contributed by atoms with Crippen molar-refractivity contribution in [1.82, 2.24) is 4.98 Å². The van der Waals surface area contributed by atoms with Crippen molar-refractivity contribution >= 4 is 17.5 Å². The van der Waals surface area contributed by atoms with Crippen LogP contribution in [0.4, 0.5) is 14.5 Å². The van der Waals surface area contributed by atoms with Crippen molar-refractivity contribution in [3.63, 3.8) is 0 Å². The molecule has 1 aliphatic heterocycles. The summed E-state index contributed by atoms with van der Waals surface area (Å²) in [5.41, 5.74) is 5.92. The van der Waals surface area contributed by atoms with Crippen LogP contribution in [0.15, 0.2) is 30.5 Å². The van der Waals surface area contributed by atoms with Gasteiger partial charge in [-0.15, -0.1) is 0 Å². The molecule has 3 rings (SSSR count). The van der Waals surface area contributed by atoms with Crippen LogP contribution in [0.25, 0.3) is 0 Å². The summed E-state index contributed by atoms with van der Waals surface area (Å²) in [6.07, 6.45) is 2.21. The molecule has 0 radical (unpaired) electrons. The molecule has 0 bridgehead atoms. The van der Waals surface area contributed by atoms with Crippen LogP contribution in [-0.4, -0.2) is 23.3 Å². The zero-order valence-corrected chi connectivity index (χ0v) is 12.1. The molecule has 1 aromatic heterocycles. The zero-order valence-electron chi connectivity index (χ0n) is 12.1. The summed E-state index contributed by atoms with van der Waals surface area (Å²) in [7, 11) is 0. The Kier molecular flexibility index (Phi) is 3.77.